The fraction of sp³-hybridized carbons (Fsp3) is 0.438. The van der Waals surface area contributed by atoms with E-state index in [0.29, 0.717) is 5.69 Å². The second kappa shape index (κ2) is 4.90. The van der Waals surface area contributed by atoms with Crippen LogP contribution in [0, 0.1) is 0 Å². The van der Waals surface area contributed by atoms with Crippen LogP contribution in [0.15, 0.2) is 12.1 Å². The van der Waals surface area contributed by atoms with Gasteiger partial charge in [-0.2, -0.15) is 8.78 Å². The highest BCUT2D eigenvalue weighted by Crippen LogP contribution is 2.51. The maximum absolute atomic E-state index is 14.5. The summed E-state index contributed by atoms with van der Waals surface area (Å²) >= 11 is 0. The molecule has 1 fully saturated rings. The van der Waals surface area contributed by atoms with Crippen LogP contribution in [0.2, 0.25) is 0 Å². The number of fused-ring (bicyclic) bond motifs is 5. The molecule has 0 saturated carbocycles. The third-order valence-corrected chi connectivity index (χ3v) is 4.95. The van der Waals surface area contributed by atoms with E-state index in [1.807, 2.05) is 0 Å². The van der Waals surface area contributed by atoms with E-state index >= 15 is 0 Å². The Kier molecular flexibility index (Phi) is 3.10. The van der Waals surface area contributed by atoms with E-state index < -0.39 is 30.1 Å². The number of benzene rings is 1. The highest BCUT2D eigenvalue weighted by Gasteiger charge is 2.57. The molecule has 7 nitrogen and oxygen atoms in total. The van der Waals surface area contributed by atoms with Gasteiger partial charge in [-0.15, -0.1) is 0 Å². The van der Waals surface area contributed by atoms with E-state index in [1.165, 1.54) is 24.9 Å². The van der Waals surface area contributed by atoms with Crippen LogP contribution >= 0.6 is 0 Å². The predicted octanol–water partition coefficient (Wildman–Crippen LogP) is 1.14. The molecule has 25 heavy (non-hydrogen) atoms. The summed E-state index contributed by atoms with van der Waals surface area (Å²) < 4.78 is 34.2. The smallest absolute Gasteiger partial charge is 0.415 e. The van der Waals surface area contributed by atoms with Crippen molar-refractivity contribution in [3.05, 3.63) is 23.3 Å². The Morgan fingerprint density at radius 3 is 2.72 bits per heavy atom. The monoisotopic (exact) mass is 351 g/mol. The van der Waals surface area contributed by atoms with Gasteiger partial charge in [0.25, 0.3) is 0 Å². The summed E-state index contributed by atoms with van der Waals surface area (Å²) in [5.41, 5.74) is 0.441. The number of nitrogens with one attached hydrogen (secondary N) is 1. The third-order valence-electron chi connectivity index (χ3n) is 4.95. The van der Waals surface area contributed by atoms with Gasteiger partial charge in [0.1, 0.15) is 6.10 Å². The van der Waals surface area contributed by atoms with Gasteiger partial charge in [0, 0.05) is 14.0 Å². The van der Waals surface area contributed by atoms with Gasteiger partial charge in [-0.1, -0.05) is 0 Å². The number of nitrogens with zero attached hydrogens (tertiary/aromatic N) is 2. The van der Waals surface area contributed by atoms with Gasteiger partial charge in [-0.25, -0.2) is 4.79 Å². The van der Waals surface area contributed by atoms with Crippen LogP contribution in [-0.4, -0.2) is 43.6 Å². The minimum absolute atomic E-state index is 0.105. The van der Waals surface area contributed by atoms with Crippen molar-refractivity contribution in [2.24, 2.45) is 0 Å². The summed E-state index contributed by atoms with van der Waals surface area (Å²) in [6.45, 7) is 1.44. The highest BCUT2D eigenvalue weighted by molar-refractivity contribution is 6.07. The van der Waals surface area contributed by atoms with Crippen molar-refractivity contribution >= 4 is 29.3 Å². The molecule has 1 aromatic rings. The average molecular weight is 351 g/mol. The molecule has 132 valence electrons. The molecule has 1 saturated heterocycles. The minimum atomic E-state index is -3.62. The normalized spacial score (nSPS) is 25.6. The zero-order valence-electron chi connectivity index (χ0n) is 13.5. The predicted molar refractivity (Wildman–Crippen MR) is 82.7 cm³/mol. The van der Waals surface area contributed by atoms with Crippen molar-refractivity contribution < 1.29 is 27.9 Å². The van der Waals surface area contributed by atoms with Crippen molar-refractivity contribution in [1.29, 1.82) is 0 Å². The lowest BCUT2D eigenvalue weighted by Gasteiger charge is -2.16. The Balaban J connectivity index is 1.76. The molecule has 1 aromatic carbocycles. The number of hydrogen-bond donors (Lipinski definition) is 1. The standard InChI is InChI=1S/C16H15F2N3O4/c1-7(22)19-6-12-11-5-8-9(21(11)15(24)25-12)3-4-10-13(8)16(17,18)14(23)20(10)2/h3-4,11-12H,5-6H2,1-2H3,(H,19,22)/t11-,12-/m0/s1. The van der Waals surface area contributed by atoms with Crippen LogP contribution in [0.4, 0.5) is 25.0 Å². The number of rotatable bonds is 2. The number of amides is 3. The second-order valence-corrected chi connectivity index (χ2v) is 6.40. The molecule has 1 N–H and O–H groups in total. The molecule has 3 aliphatic rings. The number of ether oxygens (including phenoxy) is 1. The van der Waals surface area contributed by atoms with Gasteiger partial charge in [0.05, 0.1) is 29.5 Å². The molecule has 2 atom stereocenters. The fourth-order valence-corrected chi connectivity index (χ4v) is 3.81. The van der Waals surface area contributed by atoms with Crippen LogP contribution in [-0.2, 0) is 26.7 Å². The number of hydrogen-bond acceptors (Lipinski definition) is 4. The van der Waals surface area contributed by atoms with Crippen molar-refractivity contribution in [3.63, 3.8) is 0 Å². The Morgan fingerprint density at radius 2 is 2.04 bits per heavy atom. The maximum Gasteiger partial charge on any atom is 0.415 e. The van der Waals surface area contributed by atoms with Gasteiger partial charge in [0.2, 0.25) is 5.91 Å². The van der Waals surface area contributed by atoms with Crippen molar-refractivity contribution in [2.75, 3.05) is 23.4 Å². The average Bonchev–Trinajstić information content (AvgIpc) is 3.12. The SMILES string of the molecule is CC(=O)NC[C@@H]1OC(=O)N2c3ccc4c(c3C[C@@H]12)C(F)(F)C(=O)N4C. The number of anilines is 2. The zero-order valence-corrected chi connectivity index (χ0v) is 13.5. The first-order chi connectivity index (χ1) is 11.7. The van der Waals surface area contributed by atoms with Gasteiger partial charge < -0.3 is 15.0 Å². The molecule has 0 unspecified atom stereocenters. The summed E-state index contributed by atoms with van der Waals surface area (Å²) in [4.78, 5) is 37.4. The van der Waals surface area contributed by atoms with Crippen LogP contribution in [0.3, 0.4) is 0 Å². The van der Waals surface area contributed by atoms with E-state index in [9.17, 15) is 23.2 Å². The first kappa shape index (κ1) is 15.8. The maximum atomic E-state index is 14.5. The third kappa shape index (κ3) is 1.98. The van der Waals surface area contributed by atoms with Crippen LogP contribution < -0.4 is 15.1 Å². The molecule has 0 aliphatic carbocycles. The molecule has 3 aliphatic heterocycles. The van der Waals surface area contributed by atoms with E-state index in [1.54, 1.807) is 6.07 Å². The van der Waals surface area contributed by atoms with Gasteiger partial charge >= 0.3 is 17.9 Å². The molecule has 3 amide bonds. The van der Waals surface area contributed by atoms with Crippen molar-refractivity contribution in [3.8, 4) is 0 Å². The molecule has 4 rings (SSSR count). The lowest BCUT2D eigenvalue weighted by Crippen LogP contribution is -2.40. The lowest BCUT2D eigenvalue weighted by molar-refractivity contribution is -0.141. The van der Waals surface area contributed by atoms with Crippen LogP contribution in [0.5, 0.6) is 0 Å². The molecule has 0 aromatic heterocycles. The summed E-state index contributed by atoms with van der Waals surface area (Å²) in [7, 11) is 1.30. The Labute approximate surface area is 141 Å². The molecule has 0 radical (unpaired) electrons. The quantitative estimate of drug-likeness (QED) is 0.867. The number of cyclic esters (lactones) is 1. The van der Waals surface area contributed by atoms with E-state index in [2.05, 4.69) is 5.32 Å². The number of halogens is 2. The van der Waals surface area contributed by atoms with E-state index in [-0.39, 0.29) is 35.7 Å². The summed E-state index contributed by atoms with van der Waals surface area (Å²) in [6.07, 6.45) is -1.13. The first-order valence-electron chi connectivity index (χ1n) is 7.80. The molecule has 3 heterocycles. The number of alkyl halides is 2. The lowest BCUT2D eigenvalue weighted by atomic mass is 9.97. The molecular formula is C16H15F2N3O4. The highest BCUT2D eigenvalue weighted by atomic mass is 19.3. The Hall–Kier alpha value is -2.71. The molecule has 9 heteroatoms. The van der Waals surface area contributed by atoms with Gasteiger partial charge in [-0.05, 0) is 24.1 Å². The van der Waals surface area contributed by atoms with Crippen LogP contribution in [0.25, 0.3) is 0 Å². The first-order valence-corrected chi connectivity index (χ1v) is 7.80. The summed E-state index contributed by atoms with van der Waals surface area (Å²) in [5, 5.41) is 2.58. The number of carbonyl (C=O) groups is 3. The largest absolute Gasteiger partial charge is 0.442 e. The molecule has 0 bridgehead atoms. The summed E-state index contributed by atoms with van der Waals surface area (Å²) in [6, 6.07) is 2.49. The Morgan fingerprint density at radius 1 is 1.36 bits per heavy atom. The Bertz CT molecular complexity index is 826. The van der Waals surface area contributed by atoms with Gasteiger partial charge in [0.15, 0.2) is 0 Å². The molecule has 0 spiro atoms. The van der Waals surface area contributed by atoms with E-state index in [4.69, 9.17) is 4.74 Å². The number of carbonyl (C=O) groups excluding carboxylic acids is 3. The van der Waals surface area contributed by atoms with Gasteiger partial charge in [-0.3, -0.25) is 14.5 Å². The fourth-order valence-electron chi connectivity index (χ4n) is 3.81. The van der Waals surface area contributed by atoms with Crippen LogP contribution in [0.1, 0.15) is 18.1 Å². The van der Waals surface area contributed by atoms with Crippen molar-refractivity contribution in [2.45, 2.75) is 31.4 Å². The minimum Gasteiger partial charge on any atom is -0.442 e. The van der Waals surface area contributed by atoms with E-state index in [0.717, 1.165) is 4.90 Å². The molecular weight excluding hydrogens is 336 g/mol. The second-order valence-electron chi connectivity index (χ2n) is 6.40. The number of likely N-dealkylation sites (N-methyl/N-ethyl adjacent to an activating group) is 1. The van der Waals surface area contributed by atoms with Crippen molar-refractivity contribution in [1.82, 2.24) is 5.32 Å². The zero-order chi connectivity index (χ0) is 18.1. The summed E-state index contributed by atoms with van der Waals surface area (Å²) in [5.74, 6) is -5.17. The topological polar surface area (TPSA) is 79.0 Å².